The Bertz CT molecular complexity index is 1110. The topological polar surface area (TPSA) is 71.2 Å². The van der Waals surface area contributed by atoms with Crippen LogP contribution in [0.15, 0.2) is 65.6 Å². The molecule has 0 saturated carbocycles. The summed E-state index contributed by atoms with van der Waals surface area (Å²) in [4.78, 5) is 24.0. The number of nitrogens with one attached hydrogen (secondary N) is 2. The number of H-pyrrole nitrogens is 1. The van der Waals surface area contributed by atoms with Gasteiger partial charge in [0.2, 0.25) is 5.56 Å². The van der Waals surface area contributed by atoms with E-state index in [1.807, 2.05) is 0 Å². The summed E-state index contributed by atoms with van der Waals surface area (Å²) >= 11 is 0. The Morgan fingerprint density at radius 1 is 0.938 bits per heavy atom. The molecule has 1 aromatic heterocycles. The molecule has 0 atom stereocenters. The number of carbonyl (C=O) groups excluding carboxylic acids is 1. The summed E-state index contributed by atoms with van der Waals surface area (Å²) in [5.41, 5.74) is -3.50. The number of para-hydroxylation sites is 1. The van der Waals surface area contributed by atoms with Gasteiger partial charge in [-0.25, -0.2) is 0 Å². The van der Waals surface area contributed by atoms with E-state index < -0.39 is 34.8 Å². The van der Waals surface area contributed by atoms with Gasteiger partial charge in [0.1, 0.15) is 11.5 Å². The Morgan fingerprint density at radius 2 is 1.59 bits per heavy atom. The van der Waals surface area contributed by atoms with E-state index in [0.717, 1.165) is 5.69 Å². The zero-order valence-corrected chi connectivity index (χ0v) is 16.3. The molecule has 11 heteroatoms. The number of pyridine rings is 1. The molecule has 0 spiro atoms. The van der Waals surface area contributed by atoms with Crippen LogP contribution in [0.1, 0.15) is 21.5 Å². The van der Waals surface area contributed by atoms with Gasteiger partial charge in [0.05, 0.1) is 16.7 Å². The summed E-state index contributed by atoms with van der Waals surface area (Å²) in [7, 11) is 1.77. The van der Waals surface area contributed by atoms with Crippen molar-refractivity contribution in [3.8, 4) is 11.5 Å². The van der Waals surface area contributed by atoms with E-state index >= 15 is 0 Å². The first-order valence-corrected chi connectivity index (χ1v) is 8.82. The second-order valence-electron chi connectivity index (χ2n) is 6.16. The second kappa shape index (κ2) is 10.0. The monoisotopic (exact) mass is 458 g/mol. The van der Waals surface area contributed by atoms with E-state index in [4.69, 9.17) is 4.74 Å². The van der Waals surface area contributed by atoms with E-state index in [2.05, 4.69) is 10.3 Å². The van der Waals surface area contributed by atoms with Crippen molar-refractivity contribution in [2.75, 3.05) is 12.4 Å². The third-order valence-corrected chi connectivity index (χ3v) is 3.93. The Labute approximate surface area is 177 Å². The van der Waals surface area contributed by atoms with Crippen LogP contribution in [-0.2, 0) is 12.4 Å². The number of halogens is 6. The highest BCUT2D eigenvalue weighted by molar-refractivity contribution is 5.82. The van der Waals surface area contributed by atoms with Crippen molar-refractivity contribution in [1.82, 2.24) is 4.98 Å². The van der Waals surface area contributed by atoms with Gasteiger partial charge in [-0.1, -0.05) is 18.2 Å². The van der Waals surface area contributed by atoms with Gasteiger partial charge in [-0.15, -0.1) is 0 Å². The molecule has 2 N–H and O–H groups in total. The number of rotatable bonds is 4. The molecule has 3 rings (SSSR count). The first kappa shape index (κ1) is 24.5. The lowest BCUT2D eigenvalue weighted by Gasteiger charge is -2.17. The lowest BCUT2D eigenvalue weighted by atomic mass is 10.0. The molecule has 32 heavy (non-hydrogen) atoms. The van der Waals surface area contributed by atoms with Crippen LogP contribution in [0.5, 0.6) is 11.5 Å². The minimum absolute atomic E-state index is 0.00282. The molecule has 0 aliphatic carbocycles. The molecule has 0 aliphatic rings. The largest absolute Gasteiger partial charge is 0.457 e. The number of alkyl halides is 6. The van der Waals surface area contributed by atoms with Crippen molar-refractivity contribution < 1.29 is 35.9 Å². The van der Waals surface area contributed by atoms with Crippen molar-refractivity contribution in [1.29, 1.82) is 0 Å². The molecule has 170 valence electrons. The third kappa shape index (κ3) is 6.62. The van der Waals surface area contributed by atoms with E-state index in [-0.39, 0.29) is 23.7 Å². The summed E-state index contributed by atoms with van der Waals surface area (Å²) < 4.78 is 82.3. The van der Waals surface area contributed by atoms with Crippen molar-refractivity contribution in [2.45, 2.75) is 12.4 Å². The molecule has 0 fully saturated rings. The number of aromatic nitrogens is 1. The summed E-state index contributed by atoms with van der Waals surface area (Å²) in [5.74, 6) is -0.809. The normalized spacial score (nSPS) is 11.2. The van der Waals surface area contributed by atoms with Crippen LogP contribution < -0.4 is 15.6 Å². The molecule has 0 amide bonds. The maximum atomic E-state index is 12.9. The Balaban J connectivity index is 0.000000336. The number of aldehydes is 1. The van der Waals surface area contributed by atoms with Crippen LogP contribution in [-0.4, -0.2) is 18.3 Å². The predicted octanol–water partition coefficient (Wildman–Crippen LogP) is 5.75. The van der Waals surface area contributed by atoms with Crippen LogP contribution in [0.2, 0.25) is 0 Å². The highest BCUT2D eigenvalue weighted by Crippen LogP contribution is 2.41. The molecule has 2 aromatic carbocycles. The lowest BCUT2D eigenvalue weighted by molar-refractivity contribution is -0.143. The van der Waals surface area contributed by atoms with Crippen LogP contribution in [0.25, 0.3) is 0 Å². The zero-order chi connectivity index (χ0) is 23.9. The number of aromatic amines is 1. The van der Waals surface area contributed by atoms with Gasteiger partial charge in [-0.2, -0.15) is 26.3 Å². The van der Waals surface area contributed by atoms with E-state index in [0.29, 0.717) is 6.07 Å². The highest BCUT2D eigenvalue weighted by Gasteiger charge is 2.40. The Hall–Kier alpha value is -3.76. The molecule has 0 unspecified atom stereocenters. The minimum Gasteiger partial charge on any atom is -0.457 e. The molecule has 3 aromatic rings. The van der Waals surface area contributed by atoms with Crippen molar-refractivity contribution in [3.63, 3.8) is 0 Å². The molecule has 5 nitrogen and oxygen atoms in total. The van der Waals surface area contributed by atoms with Crippen molar-refractivity contribution in [3.05, 3.63) is 87.8 Å². The maximum absolute atomic E-state index is 12.9. The van der Waals surface area contributed by atoms with E-state index in [9.17, 15) is 35.9 Å². The SMILES string of the molecule is CNc1cc[nH]c(=O)c1.O=Cc1c(Oc2ccccc2)cc(C(F)(F)F)cc1C(F)(F)F. The number of hydrogen-bond acceptors (Lipinski definition) is 4. The van der Waals surface area contributed by atoms with Gasteiger partial charge in [0, 0.05) is 25.0 Å². The van der Waals surface area contributed by atoms with Gasteiger partial charge in [-0.3, -0.25) is 9.59 Å². The fourth-order valence-corrected chi connectivity index (χ4v) is 2.45. The van der Waals surface area contributed by atoms with E-state index in [1.54, 1.807) is 25.4 Å². The first-order chi connectivity index (χ1) is 15.0. The quantitative estimate of drug-likeness (QED) is 0.386. The summed E-state index contributed by atoms with van der Waals surface area (Å²) in [5, 5.41) is 2.85. The highest BCUT2D eigenvalue weighted by atomic mass is 19.4. The molecular formula is C21H16F6N2O3. The molecule has 0 saturated heterocycles. The molecule has 1 heterocycles. The fraction of sp³-hybridized carbons (Fsp3) is 0.143. The standard InChI is InChI=1S/C15H8F6O2.C6H8N2O/c16-14(17,18)9-6-12(15(19,20)21)11(8-22)13(7-9)23-10-4-2-1-3-5-10;1-7-5-2-3-8-6(9)4-5/h1-8H;2-4H,1H3,(H2,7,8,9). The Morgan fingerprint density at radius 3 is 2.06 bits per heavy atom. The van der Waals surface area contributed by atoms with Crippen LogP contribution in [0.3, 0.4) is 0 Å². The predicted molar refractivity (Wildman–Crippen MR) is 105 cm³/mol. The zero-order valence-electron chi connectivity index (χ0n) is 16.3. The lowest BCUT2D eigenvalue weighted by Crippen LogP contribution is -2.14. The molecule has 0 aliphatic heterocycles. The van der Waals surface area contributed by atoms with Crippen molar-refractivity contribution >= 4 is 12.0 Å². The average molecular weight is 458 g/mol. The number of carbonyl (C=O) groups is 1. The maximum Gasteiger partial charge on any atom is 0.417 e. The van der Waals surface area contributed by atoms with Crippen LogP contribution >= 0.6 is 0 Å². The molecule has 0 radical (unpaired) electrons. The van der Waals surface area contributed by atoms with Crippen LogP contribution in [0.4, 0.5) is 32.0 Å². The molecule has 0 bridgehead atoms. The van der Waals surface area contributed by atoms with Gasteiger partial charge >= 0.3 is 12.4 Å². The van der Waals surface area contributed by atoms with Gasteiger partial charge in [0.25, 0.3) is 0 Å². The fourth-order valence-electron chi connectivity index (χ4n) is 2.45. The van der Waals surface area contributed by atoms with E-state index in [1.165, 1.54) is 30.3 Å². The number of benzene rings is 2. The smallest absolute Gasteiger partial charge is 0.417 e. The number of anilines is 1. The molecular weight excluding hydrogens is 442 g/mol. The van der Waals surface area contributed by atoms with Crippen LogP contribution in [0, 0.1) is 0 Å². The second-order valence-corrected chi connectivity index (χ2v) is 6.16. The summed E-state index contributed by atoms with van der Waals surface area (Å²) in [6.07, 6.45) is -8.72. The third-order valence-electron chi connectivity index (χ3n) is 3.93. The Kier molecular flexibility index (Phi) is 7.68. The minimum atomic E-state index is -5.13. The van der Waals surface area contributed by atoms with Gasteiger partial charge < -0.3 is 15.0 Å². The van der Waals surface area contributed by atoms with Gasteiger partial charge in [-0.05, 0) is 30.3 Å². The van der Waals surface area contributed by atoms with Crippen molar-refractivity contribution in [2.24, 2.45) is 0 Å². The van der Waals surface area contributed by atoms with Gasteiger partial charge in [0.15, 0.2) is 6.29 Å². The average Bonchev–Trinajstić information content (AvgIpc) is 2.73. The summed E-state index contributed by atoms with van der Waals surface area (Å²) in [6, 6.07) is 10.8. The number of hydrogen-bond donors (Lipinski definition) is 2. The number of ether oxygens (including phenoxy) is 1. The first-order valence-electron chi connectivity index (χ1n) is 8.82. The summed E-state index contributed by atoms with van der Waals surface area (Å²) in [6.45, 7) is 0.